The standard InChI is InChI=1S/C17H18N6O4S2/c24-14(12-10-29-17(20-12)23-3-5-26-6-4-23)21-22-16(25)18-8-11-9-27-15(19-11)13-2-1-7-28-13/h1-2,7,9-10H,3-6,8H2,(H,21,24)(H2,18,22,25). The third-order valence-electron chi connectivity index (χ3n) is 4.01. The smallest absolute Gasteiger partial charge is 0.333 e. The molecule has 0 bridgehead atoms. The van der Waals surface area contributed by atoms with Crippen LogP contribution in [-0.2, 0) is 11.3 Å². The Morgan fingerprint density at radius 3 is 2.83 bits per heavy atom. The molecule has 1 saturated heterocycles. The third kappa shape index (κ3) is 4.91. The van der Waals surface area contributed by atoms with Crippen molar-refractivity contribution in [1.29, 1.82) is 0 Å². The fourth-order valence-corrected chi connectivity index (χ4v) is 4.08. The number of thiazole rings is 1. The van der Waals surface area contributed by atoms with E-state index in [9.17, 15) is 9.59 Å². The van der Waals surface area contributed by atoms with Crippen molar-refractivity contribution in [3.8, 4) is 10.8 Å². The number of anilines is 1. The van der Waals surface area contributed by atoms with Crippen molar-refractivity contribution in [3.63, 3.8) is 0 Å². The summed E-state index contributed by atoms with van der Waals surface area (Å²) in [6.07, 6.45) is 1.48. The highest BCUT2D eigenvalue weighted by Crippen LogP contribution is 2.23. The van der Waals surface area contributed by atoms with Crippen LogP contribution in [0.5, 0.6) is 0 Å². The van der Waals surface area contributed by atoms with E-state index in [1.807, 2.05) is 17.5 Å². The van der Waals surface area contributed by atoms with Crippen LogP contribution in [0.1, 0.15) is 16.2 Å². The van der Waals surface area contributed by atoms with Gasteiger partial charge in [-0.1, -0.05) is 6.07 Å². The van der Waals surface area contributed by atoms with Gasteiger partial charge in [-0.2, -0.15) is 0 Å². The van der Waals surface area contributed by atoms with E-state index in [-0.39, 0.29) is 12.2 Å². The maximum absolute atomic E-state index is 12.2. The molecule has 10 nitrogen and oxygen atoms in total. The second kappa shape index (κ2) is 9.03. The Morgan fingerprint density at radius 1 is 1.17 bits per heavy atom. The zero-order valence-corrected chi connectivity index (χ0v) is 16.8. The van der Waals surface area contributed by atoms with Gasteiger partial charge in [-0.25, -0.2) is 20.2 Å². The lowest BCUT2D eigenvalue weighted by Crippen LogP contribution is -2.46. The number of morpholine rings is 1. The average Bonchev–Trinajstić information content (AvgIpc) is 3.52. The van der Waals surface area contributed by atoms with E-state index in [0.717, 1.165) is 23.1 Å². The number of hydrazine groups is 1. The SMILES string of the molecule is O=C(NCc1coc(-c2cccs2)n1)NNC(=O)c1csc(N2CCOCC2)n1. The molecule has 1 fully saturated rings. The molecular formula is C17H18N6O4S2. The minimum absolute atomic E-state index is 0.161. The summed E-state index contributed by atoms with van der Waals surface area (Å²) in [6.45, 7) is 2.93. The summed E-state index contributed by atoms with van der Waals surface area (Å²) in [5, 5.41) is 6.94. The molecule has 4 rings (SSSR count). The molecule has 0 aromatic carbocycles. The number of hydrogen-bond donors (Lipinski definition) is 3. The molecule has 3 aromatic rings. The summed E-state index contributed by atoms with van der Waals surface area (Å²) in [6, 6.07) is 3.24. The van der Waals surface area contributed by atoms with Crippen molar-refractivity contribution in [3.05, 3.63) is 40.5 Å². The average molecular weight is 435 g/mol. The van der Waals surface area contributed by atoms with E-state index >= 15 is 0 Å². The van der Waals surface area contributed by atoms with E-state index < -0.39 is 11.9 Å². The minimum atomic E-state index is -0.567. The van der Waals surface area contributed by atoms with Crippen LogP contribution in [0.25, 0.3) is 10.8 Å². The molecule has 152 valence electrons. The quantitative estimate of drug-likeness (QED) is 0.524. The molecule has 1 aliphatic heterocycles. The zero-order chi connectivity index (χ0) is 20.1. The van der Waals surface area contributed by atoms with Crippen LogP contribution < -0.4 is 21.1 Å². The molecule has 0 aliphatic carbocycles. The Hall–Kier alpha value is -2.96. The molecule has 3 N–H and O–H groups in total. The van der Waals surface area contributed by atoms with Crippen molar-refractivity contribution in [2.45, 2.75) is 6.54 Å². The van der Waals surface area contributed by atoms with Crippen LogP contribution in [0.4, 0.5) is 9.93 Å². The fraction of sp³-hybridized carbons (Fsp3) is 0.294. The summed E-state index contributed by atoms with van der Waals surface area (Å²) in [7, 11) is 0. The predicted molar refractivity (Wildman–Crippen MR) is 108 cm³/mol. The largest absolute Gasteiger partial charge is 0.443 e. The van der Waals surface area contributed by atoms with Crippen LogP contribution in [0.3, 0.4) is 0 Å². The van der Waals surface area contributed by atoms with Crippen molar-refractivity contribution >= 4 is 39.7 Å². The van der Waals surface area contributed by atoms with Gasteiger partial charge >= 0.3 is 6.03 Å². The Labute approximate surface area is 173 Å². The topological polar surface area (TPSA) is 122 Å². The molecule has 29 heavy (non-hydrogen) atoms. The summed E-state index contributed by atoms with van der Waals surface area (Å²) >= 11 is 2.90. The molecule has 0 spiro atoms. The van der Waals surface area contributed by atoms with Crippen molar-refractivity contribution < 1.29 is 18.7 Å². The van der Waals surface area contributed by atoms with E-state index in [1.54, 1.807) is 5.38 Å². The number of hydrogen-bond acceptors (Lipinski definition) is 9. The first-order chi connectivity index (χ1) is 14.2. The number of oxazole rings is 1. The van der Waals surface area contributed by atoms with Gasteiger partial charge in [0, 0.05) is 18.5 Å². The predicted octanol–water partition coefficient (Wildman–Crippen LogP) is 1.84. The number of ether oxygens (including phenoxy) is 1. The highest BCUT2D eigenvalue weighted by molar-refractivity contribution is 7.14. The lowest BCUT2D eigenvalue weighted by Gasteiger charge is -2.25. The number of thiophene rings is 1. The summed E-state index contributed by atoms with van der Waals surface area (Å²) in [5.74, 6) is 0.0162. The molecule has 3 amide bonds. The maximum atomic E-state index is 12.2. The highest BCUT2D eigenvalue weighted by atomic mass is 32.1. The first-order valence-corrected chi connectivity index (χ1v) is 10.6. The zero-order valence-electron chi connectivity index (χ0n) is 15.2. The normalized spacial score (nSPS) is 13.9. The first kappa shape index (κ1) is 19.4. The molecule has 12 heteroatoms. The number of urea groups is 1. The van der Waals surface area contributed by atoms with Gasteiger partial charge in [-0.05, 0) is 11.4 Å². The van der Waals surface area contributed by atoms with Crippen molar-refractivity contribution in [2.24, 2.45) is 0 Å². The number of amides is 3. The van der Waals surface area contributed by atoms with E-state index in [2.05, 4.69) is 31.0 Å². The number of carbonyl (C=O) groups is 2. The van der Waals surface area contributed by atoms with Gasteiger partial charge in [0.15, 0.2) is 5.13 Å². The number of nitrogens with zero attached hydrogens (tertiary/aromatic N) is 3. The number of nitrogens with one attached hydrogen (secondary N) is 3. The Morgan fingerprint density at radius 2 is 2.03 bits per heavy atom. The summed E-state index contributed by atoms with van der Waals surface area (Å²) < 4.78 is 10.7. The van der Waals surface area contributed by atoms with Crippen molar-refractivity contribution in [2.75, 3.05) is 31.2 Å². The van der Waals surface area contributed by atoms with Crippen LogP contribution in [0.2, 0.25) is 0 Å². The van der Waals surface area contributed by atoms with E-state index in [4.69, 9.17) is 9.15 Å². The first-order valence-electron chi connectivity index (χ1n) is 8.80. The van der Waals surface area contributed by atoms with Crippen LogP contribution in [-0.4, -0.2) is 48.2 Å². The Kier molecular flexibility index (Phi) is 6.03. The highest BCUT2D eigenvalue weighted by Gasteiger charge is 2.18. The summed E-state index contributed by atoms with van der Waals surface area (Å²) in [4.78, 5) is 35.7. The molecule has 0 atom stereocenters. The molecular weight excluding hydrogens is 416 g/mol. The monoisotopic (exact) mass is 434 g/mol. The lowest BCUT2D eigenvalue weighted by molar-refractivity contribution is 0.0932. The Balaban J connectivity index is 1.22. The van der Waals surface area contributed by atoms with Gasteiger partial charge in [0.2, 0.25) is 5.89 Å². The molecule has 0 unspecified atom stereocenters. The van der Waals surface area contributed by atoms with Gasteiger partial charge in [0.25, 0.3) is 5.91 Å². The number of rotatable bonds is 5. The van der Waals surface area contributed by atoms with E-state index in [1.165, 1.54) is 28.9 Å². The Bertz CT molecular complexity index is 964. The van der Waals surface area contributed by atoms with Crippen LogP contribution in [0, 0.1) is 0 Å². The van der Waals surface area contributed by atoms with Gasteiger partial charge in [-0.3, -0.25) is 10.2 Å². The number of carbonyl (C=O) groups excluding carboxylic acids is 2. The number of aromatic nitrogens is 2. The van der Waals surface area contributed by atoms with Crippen LogP contribution >= 0.6 is 22.7 Å². The van der Waals surface area contributed by atoms with Gasteiger partial charge in [0.05, 0.1) is 30.3 Å². The maximum Gasteiger partial charge on any atom is 0.333 e. The second-order valence-electron chi connectivity index (χ2n) is 6.00. The van der Waals surface area contributed by atoms with Gasteiger partial charge in [0.1, 0.15) is 12.0 Å². The van der Waals surface area contributed by atoms with Gasteiger partial charge in [-0.15, -0.1) is 22.7 Å². The molecule has 0 saturated carbocycles. The molecule has 4 heterocycles. The summed E-state index contributed by atoms with van der Waals surface area (Å²) in [5.41, 5.74) is 5.45. The fourth-order valence-electron chi connectivity index (χ4n) is 2.56. The van der Waals surface area contributed by atoms with E-state index in [0.29, 0.717) is 24.8 Å². The van der Waals surface area contributed by atoms with Gasteiger partial charge < -0.3 is 19.4 Å². The van der Waals surface area contributed by atoms with Crippen LogP contribution in [0.15, 0.2) is 33.6 Å². The molecule has 1 aliphatic rings. The molecule has 3 aromatic heterocycles. The van der Waals surface area contributed by atoms with Crippen molar-refractivity contribution in [1.82, 2.24) is 26.1 Å². The third-order valence-corrected chi connectivity index (χ3v) is 5.77. The minimum Gasteiger partial charge on any atom is -0.443 e. The second-order valence-corrected chi connectivity index (χ2v) is 7.78. The lowest BCUT2D eigenvalue weighted by atomic mass is 10.4. The molecule has 0 radical (unpaired) electrons.